The predicted molar refractivity (Wildman–Crippen MR) is 71.3 cm³/mol. The zero-order valence-corrected chi connectivity index (χ0v) is 12.6. The van der Waals surface area contributed by atoms with E-state index in [2.05, 4.69) is 6.58 Å². The normalized spacial score (nSPS) is 33.0. The first-order valence-corrected chi connectivity index (χ1v) is 6.47. The molecule has 1 saturated heterocycles. The molecule has 1 rings (SSSR count). The Labute approximate surface area is 124 Å². The van der Waals surface area contributed by atoms with Crippen LogP contribution in [0.2, 0.25) is 0 Å². The van der Waals surface area contributed by atoms with Crippen molar-refractivity contribution in [1.82, 2.24) is 0 Å². The molecule has 0 aliphatic carbocycles. The van der Waals surface area contributed by atoms with Gasteiger partial charge in [-0.1, -0.05) is 6.08 Å². The third-order valence-corrected chi connectivity index (χ3v) is 2.92. The van der Waals surface area contributed by atoms with Crippen molar-refractivity contribution in [2.75, 3.05) is 41.7 Å². The number of ether oxygens (including phenoxy) is 7. The summed E-state index contributed by atoms with van der Waals surface area (Å²) in [7, 11) is 4.48. The van der Waals surface area contributed by atoms with E-state index in [1.54, 1.807) is 0 Å². The largest absolute Gasteiger partial charge is 0.366 e. The van der Waals surface area contributed by atoms with Crippen LogP contribution in [0.25, 0.3) is 0 Å². The van der Waals surface area contributed by atoms with Crippen LogP contribution >= 0.6 is 0 Å². The number of hydrogen-bond acceptors (Lipinski definition) is 8. The molecule has 0 spiro atoms. The van der Waals surface area contributed by atoms with Gasteiger partial charge in [-0.2, -0.15) is 0 Å². The molecule has 0 aromatic carbocycles. The molecule has 1 unspecified atom stereocenters. The summed E-state index contributed by atoms with van der Waals surface area (Å²) in [4.78, 5) is 0. The van der Waals surface area contributed by atoms with E-state index in [1.165, 1.54) is 27.4 Å². The third-order valence-electron chi connectivity index (χ3n) is 2.92. The van der Waals surface area contributed by atoms with Crippen molar-refractivity contribution in [1.29, 1.82) is 0 Å². The third kappa shape index (κ3) is 5.28. The molecule has 1 heterocycles. The minimum absolute atomic E-state index is 0.0148. The second kappa shape index (κ2) is 10.2. The Kier molecular flexibility index (Phi) is 8.97. The number of aliphatic hydroxyl groups is 1. The lowest BCUT2D eigenvalue weighted by molar-refractivity contribution is -0.321. The standard InChI is InChI=1S/C13H24O8/c1-5-9-10(18-6-15-2)11(19-7-16-3)12(13(14)21-9)20-8-17-4/h5,9-14H,1,6-8H2,2-4H3/t9-,10+,11-,12+,13?/m0/s1. The van der Waals surface area contributed by atoms with Crippen LogP contribution in [0.1, 0.15) is 0 Å². The lowest BCUT2D eigenvalue weighted by atomic mass is 9.98. The topological polar surface area (TPSA) is 84.8 Å². The Morgan fingerprint density at radius 2 is 1.38 bits per heavy atom. The Balaban J connectivity index is 2.85. The van der Waals surface area contributed by atoms with Crippen molar-refractivity contribution in [2.24, 2.45) is 0 Å². The fourth-order valence-electron chi connectivity index (χ4n) is 2.04. The fraction of sp³-hybridized carbons (Fsp3) is 0.846. The molecule has 1 aliphatic heterocycles. The molecular formula is C13H24O8. The summed E-state index contributed by atoms with van der Waals surface area (Å²) in [6.45, 7) is 3.70. The van der Waals surface area contributed by atoms with Crippen LogP contribution in [-0.2, 0) is 33.2 Å². The minimum Gasteiger partial charge on any atom is -0.366 e. The van der Waals surface area contributed by atoms with Gasteiger partial charge < -0.3 is 38.3 Å². The van der Waals surface area contributed by atoms with Crippen LogP contribution in [0, 0.1) is 0 Å². The van der Waals surface area contributed by atoms with Crippen LogP contribution in [0.15, 0.2) is 12.7 Å². The summed E-state index contributed by atoms with van der Waals surface area (Å²) < 4.78 is 36.7. The first-order chi connectivity index (χ1) is 10.2. The number of methoxy groups -OCH3 is 3. The summed E-state index contributed by atoms with van der Waals surface area (Å²) in [6.07, 6.45) is -2.24. The second-order valence-corrected chi connectivity index (χ2v) is 4.34. The van der Waals surface area contributed by atoms with Gasteiger partial charge in [0.25, 0.3) is 0 Å². The molecule has 21 heavy (non-hydrogen) atoms. The van der Waals surface area contributed by atoms with Gasteiger partial charge in [0.15, 0.2) is 6.29 Å². The Hall–Kier alpha value is -0.580. The second-order valence-electron chi connectivity index (χ2n) is 4.34. The summed E-state index contributed by atoms with van der Waals surface area (Å²) in [6, 6.07) is 0. The Bertz CT molecular complexity index is 287. The molecule has 8 nitrogen and oxygen atoms in total. The zero-order chi connectivity index (χ0) is 15.7. The van der Waals surface area contributed by atoms with Gasteiger partial charge in [-0.3, -0.25) is 0 Å². The number of aliphatic hydroxyl groups excluding tert-OH is 1. The highest BCUT2D eigenvalue weighted by molar-refractivity contribution is 4.99. The highest BCUT2D eigenvalue weighted by Gasteiger charge is 2.47. The summed E-state index contributed by atoms with van der Waals surface area (Å²) in [5.74, 6) is 0. The Morgan fingerprint density at radius 3 is 1.86 bits per heavy atom. The van der Waals surface area contributed by atoms with Gasteiger partial charge in [0, 0.05) is 21.3 Å². The molecule has 0 radical (unpaired) electrons. The lowest BCUT2D eigenvalue weighted by Gasteiger charge is -2.43. The van der Waals surface area contributed by atoms with Crippen LogP contribution < -0.4 is 0 Å². The van der Waals surface area contributed by atoms with Gasteiger partial charge in [-0.25, -0.2) is 0 Å². The molecule has 5 atom stereocenters. The van der Waals surface area contributed by atoms with E-state index < -0.39 is 30.7 Å². The van der Waals surface area contributed by atoms with Gasteiger partial charge >= 0.3 is 0 Å². The van der Waals surface area contributed by atoms with E-state index in [-0.39, 0.29) is 20.4 Å². The smallest absolute Gasteiger partial charge is 0.184 e. The average molecular weight is 308 g/mol. The van der Waals surface area contributed by atoms with Gasteiger partial charge in [-0.05, 0) is 0 Å². The van der Waals surface area contributed by atoms with Gasteiger partial charge in [0.1, 0.15) is 44.8 Å². The molecule has 1 N–H and O–H groups in total. The van der Waals surface area contributed by atoms with E-state index in [0.29, 0.717) is 0 Å². The maximum atomic E-state index is 10.1. The van der Waals surface area contributed by atoms with Crippen molar-refractivity contribution in [3.63, 3.8) is 0 Å². The predicted octanol–water partition coefficient (Wildman–Crippen LogP) is -0.143. The van der Waals surface area contributed by atoms with E-state index in [9.17, 15) is 5.11 Å². The lowest BCUT2D eigenvalue weighted by Crippen LogP contribution is -2.60. The quantitative estimate of drug-likeness (QED) is 0.441. The summed E-state index contributed by atoms with van der Waals surface area (Å²) >= 11 is 0. The molecule has 1 aliphatic rings. The number of hydrogen-bond donors (Lipinski definition) is 1. The van der Waals surface area contributed by atoms with Crippen molar-refractivity contribution < 1.29 is 38.3 Å². The molecule has 0 aromatic heterocycles. The van der Waals surface area contributed by atoms with Crippen LogP contribution in [0.5, 0.6) is 0 Å². The highest BCUT2D eigenvalue weighted by Crippen LogP contribution is 2.27. The average Bonchev–Trinajstić information content (AvgIpc) is 2.50. The summed E-state index contributed by atoms with van der Waals surface area (Å²) in [5.41, 5.74) is 0. The monoisotopic (exact) mass is 308 g/mol. The fourth-order valence-corrected chi connectivity index (χ4v) is 2.04. The SMILES string of the molecule is C=C[C@@H]1OC(O)[C@H](OCOC)[C@@H](OCOC)[C@@H]1OCOC. The van der Waals surface area contributed by atoms with Crippen molar-refractivity contribution >= 4 is 0 Å². The highest BCUT2D eigenvalue weighted by atomic mass is 16.7. The first kappa shape index (κ1) is 18.5. The van der Waals surface area contributed by atoms with Gasteiger partial charge in [0.2, 0.25) is 0 Å². The molecule has 0 saturated carbocycles. The van der Waals surface area contributed by atoms with E-state index in [1.807, 2.05) is 0 Å². The molecule has 0 amide bonds. The first-order valence-electron chi connectivity index (χ1n) is 6.47. The van der Waals surface area contributed by atoms with Crippen molar-refractivity contribution in [2.45, 2.75) is 30.7 Å². The minimum atomic E-state index is -1.20. The molecule has 1 fully saturated rings. The maximum Gasteiger partial charge on any atom is 0.184 e. The number of rotatable bonds is 10. The van der Waals surface area contributed by atoms with Gasteiger partial charge in [-0.15, -0.1) is 6.58 Å². The summed E-state index contributed by atoms with van der Waals surface area (Å²) in [5, 5.41) is 10.1. The van der Waals surface area contributed by atoms with Crippen LogP contribution in [-0.4, -0.2) is 77.5 Å². The van der Waals surface area contributed by atoms with Crippen LogP contribution in [0.3, 0.4) is 0 Å². The van der Waals surface area contributed by atoms with E-state index >= 15 is 0 Å². The molecule has 124 valence electrons. The van der Waals surface area contributed by atoms with Gasteiger partial charge in [0.05, 0.1) is 0 Å². The van der Waals surface area contributed by atoms with E-state index in [4.69, 9.17) is 33.2 Å². The van der Waals surface area contributed by atoms with Crippen molar-refractivity contribution in [3.05, 3.63) is 12.7 Å². The maximum absolute atomic E-state index is 10.1. The molecule has 0 aromatic rings. The zero-order valence-electron chi connectivity index (χ0n) is 12.6. The Morgan fingerprint density at radius 1 is 0.905 bits per heavy atom. The molecular weight excluding hydrogens is 284 g/mol. The molecule has 0 bridgehead atoms. The van der Waals surface area contributed by atoms with E-state index in [0.717, 1.165) is 0 Å². The van der Waals surface area contributed by atoms with Crippen LogP contribution in [0.4, 0.5) is 0 Å². The van der Waals surface area contributed by atoms with Crippen molar-refractivity contribution in [3.8, 4) is 0 Å². The molecule has 8 heteroatoms.